The van der Waals surface area contributed by atoms with E-state index in [4.69, 9.17) is 9.47 Å². The van der Waals surface area contributed by atoms with Crippen molar-refractivity contribution in [3.8, 4) is 11.4 Å². The molecule has 0 aliphatic rings. The van der Waals surface area contributed by atoms with Gasteiger partial charge >= 0.3 is 5.97 Å². The summed E-state index contributed by atoms with van der Waals surface area (Å²) in [6, 6.07) is 11.0. The zero-order chi connectivity index (χ0) is 20.3. The van der Waals surface area contributed by atoms with Crippen molar-refractivity contribution in [1.82, 2.24) is 9.78 Å². The third kappa shape index (κ3) is 4.12. The first-order valence-corrected chi connectivity index (χ1v) is 9.05. The fourth-order valence-electron chi connectivity index (χ4n) is 2.57. The third-order valence-electron chi connectivity index (χ3n) is 4.01. The number of para-hydroxylation sites is 1. The fourth-order valence-corrected chi connectivity index (χ4v) is 3.01. The van der Waals surface area contributed by atoms with Crippen molar-refractivity contribution in [2.75, 3.05) is 7.11 Å². The average molecular weight is 447 g/mol. The highest BCUT2D eigenvalue weighted by Crippen LogP contribution is 2.24. The number of halogens is 2. The molecule has 0 N–H and O–H groups in total. The molecule has 1 aromatic heterocycles. The van der Waals surface area contributed by atoms with Crippen LogP contribution in [-0.4, -0.2) is 28.6 Å². The van der Waals surface area contributed by atoms with Gasteiger partial charge in [0.15, 0.2) is 11.5 Å². The summed E-state index contributed by atoms with van der Waals surface area (Å²) in [6.45, 7) is 1.34. The molecule has 3 aromatic rings. The number of aromatic nitrogens is 2. The van der Waals surface area contributed by atoms with Crippen LogP contribution in [0, 0.1) is 5.82 Å². The van der Waals surface area contributed by atoms with E-state index in [9.17, 15) is 14.0 Å². The number of rotatable bonds is 6. The Bertz CT molecular complexity index is 1050. The maximum atomic E-state index is 13.9. The van der Waals surface area contributed by atoms with Gasteiger partial charge in [0, 0.05) is 17.3 Å². The minimum atomic E-state index is -0.697. The molecule has 28 heavy (non-hydrogen) atoms. The summed E-state index contributed by atoms with van der Waals surface area (Å²) in [5, 5.41) is 4.11. The molecule has 0 aliphatic heterocycles. The Hall–Kier alpha value is -3.00. The van der Waals surface area contributed by atoms with Crippen LogP contribution in [0.2, 0.25) is 0 Å². The number of esters is 1. The van der Waals surface area contributed by atoms with Crippen LogP contribution >= 0.6 is 15.9 Å². The van der Waals surface area contributed by atoms with E-state index in [1.807, 2.05) is 0 Å². The second-order valence-corrected chi connectivity index (χ2v) is 6.73. The number of nitrogens with zero attached hydrogens (tertiary/aromatic N) is 2. The van der Waals surface area contributed by atoms with Gasteiger partial charge in [-0.25, -0.2) is 13.9 Å². The Kier molecular flexibility index (Phi) is 5.89. The molecule has 144 valence electrons. The van der Waals surface area contributed by atoms with Crippen LogP contribution in [0.3, 0.4) is 0 Å². The standard InChI is InChI=1S/C20H16BrFN2O4/c1-12(25)13-7-8-18(27-2)14(9-13)11-28-20(26)19-15(21)10-24(23-19)17-6-4-3-5-16(17)22/h3-10H,11H2,1-2H3. The predicted octanol–water partition coefficient (Wildman–Crippen LogP) is 4.34. The summed E-state index contributed by atoms with van der Waals surface area (Å²) in [6.07, 6.45) is 1.48. The lowest BCUT2D eigenvalue weighted by atomic mass is 10.1. The number of hydrogen-bond donors (Lipinski definition) is 0. The normalized spacial score (nSPS) is 10.6. The minimum Gasteiger partial charge on any atom is -0.496 e. The van der Waals surface area contributed by atoms with Crippen molar-refractivity contribution in [2.24, 2.45) is 0 Å². The van der Waals surface area contributed by atoms with Crippen LogP contribution in [0.15, 0.2) is 53.1 Å². The molecule has 8 heteroatoms. The highest BCUT2D eigenvalue weighted by atomic mass is 79.9. The summed E-state index contributed by atoms with van der Waals surface area (Å²) in [4.78, 5) is 24.0. The zero-order valence-electron chi connectivity index (χ0n) is 15.1. The first kappa shape index (κ1) is 19.8. The molecule has 0 aliphatic carbocycles. The summed E-state index contributed by atoms with van der Waals surface area (Å²) < 4.78 is 26.1. The van der Waals surface area contributed by atoms with Gasteiger partial charge in [-0.15, -0.1) is 0 Å². The number of hydrogen-bond acceptors (Lipinski definition) is 5. The third-order valence-corrected chi connectivity index (χ3v) is 4.59. The number of Topliss-reactive ketones (excluding diaryl/α,β-unsaturated/α-hetero) is 1. The molecule has 1 heterocycles. The molecule has 0 amide bonds. The summed E-state index contributed by atoms with van der Waals surface area (Å²) in [7, 11) is 1.49. The topological polar surface area (TPSA) is 70.4 Å². The molecule has 0 atom stereocenters. The van der Waals surface area contributed by atoms with E-state index in [1.165, 1.54) is 31.0 Å². The fraction of sp³-hybridized carbons (Fsp3) is 0.150. The van der Waals surface area contributed by atoms with E-state index in [1.54, 1.807) is 36.4 Å². The molecule has 0 saturated heterocycles. The van der Waals surface area contributed by atoms with Gasteiger partial charge in [0.2, 0.25) is 0 Å². The van der Waals surface area contributed by atoms with Crippen LogP contribution in [0.4, 0.5) is 4.39 Å². The molecule has 6 nitrogen and oxygen atoms in total. The van der Waals surface area contributed by atoms with Gasteiger partial charge in [0.1, 0.15) is 23.9 Å². The molecular weight excluding hydrogens is 431 g/mol. The smallest absolute Gasteiger partial charge is 0.360 e. The second kappa shape index (κ2) is 8.35. The minimum absolute atomic E-state index is 0.00458. The highest BCUT2D eigenvalue weighted by Gasteiger charge is 2.19. The number of methoxy groups -OCH3 is 1. The molecule has 0 bridgehead atoms. The molecule has 0 unspecified atom stereocenters. The SMILES string of the molecule is COc1ccc(C(C)=O)cc1COC(=O)c1nn(-c2ccccc2F)cc1Br. The van der Waals surface area contributed by atoms with Crippen molar-refractivity contribution in [3.63, 3.8) is 0 Å². The monoisotopic (exact) mass is 446 g/mol. The predicted molar refractivity (Wildman–Crippen MR) is 103 cm³/mol. The van der Waals surface area contributed by atoms with Gasteiger partial charge in [-0.3, -0.25) is 4.79 Å². The molecule has 2 aromatic carbocycles. The van der Waals surface area contributed by atoms with E-state index in [-0.39, 0.29) is 23.8 Å². The molecule has 3 rings (SSSR count). The highest BCUT2D eigenvalue weighted by molar-refractivity contribution is 9.10. The Morgan fingerprint density at radius 3 is 2.64 bits per heavy atom. The second-order valence-electron chi connectivity index (χ2n) is 5.88. The van der Waals surface area contributed by atoms with E-state index in [0.717, 1.165) is 0 Å². The van der Waals surface area contributed by atoms with Gasteiger partial charge in [-0.1, -0.05) is 12.1 Å². The molecule has 0 fully saturated rings. The van der Waals surface area contributed by atoms with Crippen molar-refractivity contribution >= 4 is 27.7 Å². The Balaban J connectivity index is 1.80. The van der Waals surface area contributed by atoms with Crippen LogP contribution in [-0.2, 0) is 11.3 Å². The number of carbonyl (C=O) groups is 2. The van der Waals surface area contributed by atoms with Crippen LogP contribution in [0.5, 0.6) is 5.75 Å². The van der Waals surface area contributed by atoms with Crippen molar-refractivity contribution < 1.29 is 23.5 Å². The van der Waals surface area contributed by atoms with Crippen LogP contribution in [0.1, 0.15) is 33.3 Å². The summed E-state index contributed by atoms with van der Waals surface area (Å²) >= 11 is 3.25. The number of benzene rings is 2. The van der Waals surface area contributed by atoms with E-state index in [2.05, 4.69) is 21.0 Å². The largest absolute Gasteiger partial charge is 0.496 e. The van der Waals surface area contributed by atoms with Gasteiger partial charge in [-0.05, 0) is 53.2 Å². The molecule has 0 spiro atoms. The van der Waals surface area contributed by atoms with E-state index >= 15 is 0 Å². The van der Waals surface area contributed by atoms with Gasteiger partial charge in [0.25, 0.3) is 0 Å². The Morgan fingerprint density at radius 1 is 1.21 bits per heavy atom. The Labute approximate surface area is 169 Å². The van der Waals surface area contributed by atoms with Crippen LogP contribution in [0.25, 0.3) is 5.69 Å². The lowest BCUT2D eigenvalue weighted by Crippen LogP contribution is -2.09. The number of ketones is 1. The first-order valence-electron chi connectivity index (χ1n) is 8.25. The lowest BCUT2D eigenvalue weighted by molar-refractivity contribution is 0.0461. The zero-order valence-corrected chi connectivity index (χ0v) is 16.7. The summed E-state index contributed by atoms with van der Waals surface area (Å²) in [5.74, 6) is -0.782. The maximum Gasteiger partial charge on any atom is 0.360 e. The van der Waals surface area contributed by atoms with Gasteiger partial charge in [0.05, 0.1) is 11.6 Å². The van der Waals surface area contributed by atoms with Crippen molar-refractivity contribution in [3.05, 3.63) is 75.8 Å². The molecule has 0 radical (unpaired) electrons. The van der Waals surface area contributed by atoms with Crippen LogP contribution < -0.4 is 4.74 Å². The van der Waals surface area contributed by atoms with E-state index in [0.29, 0.717) is 21.3 Å². The summed E-state index contributed by atoms with van der Waals surface area (Å²) in [5.41, 5.74) is 1.24. The number of ether oxygens (including phenoxy) is 2. The molecular formula is C20H16BrFN2O4. The van der Waals surface area contributed by atoms with Crippen molar-refractivity contribution in [1.29, 1.82) is 0 Å². The van der Waals surface area contributed by atoms with Gasteiger partial charge < -0.3 is 9.47 Å². The number of carbonyl (C=O) groups excluding carboxylic acids is 2. The van der Waals surface area contributed by atoms with Crippen molar-refractivity contribution in [2.45, 2.75) is 13.5 Å². The quantitative estimate of drug-likeness (QED) is 0.415. The average Bonchev–Trinajstić information content (AvgIpc) is 3.07. The lowest BCUT2D eigenvalue weighted by Gasteiger charge is -2.10. The van der Waals surface area contributed by atoms with E-state index < -0.39 is 11.8 Å². The Morgan fingerprint density at radius 2 is 1.96 bits per heavy atom. The molecule has 0 saturated carbocycles. The van der Waals surface area contributed by atoms with Gasteiger partial charge in [-0.2, -0.15) is 5.10 Å². The first-order chi connectivity index (χ1) is 13.4. The maximum absolute atomic E-state index is 13.9.